The SMILES string of the molecule is CCC/C=C/CC[C@]1(C#N)CC[C@@H](C2CCC(CCCCC)CC2)CC1. The highest BCUT2D eigenvalue weighted by molar-refractivity contribution is 5.03. The molecule has 0 radical (unpaired) electrons. The van der Waals surface area contributed by atoms with Crippen LogP contribution in [0.5, 0.6) is 0 Å². The number of nitriles is 1. The lowest BCUT2D eigenvalue weighted by Crippen LogP contribution is -2.31. The molecule has 26 heavy (non-hydrogen) atoms. The lowest BCUT2D eigenvalue weighted by Gasteiger charge is -2.40. The molecule has 148 valence electrons. The molecule has 0 spiro atoms. The van der Waals surface area contributed by atoms with Gasteiger partial charge >= 0.3 is 0 Å². The molecule has 0 bridgehead atoms. The predicted octanol–water partition coefficient (Wildman–Crippen LogP) is 8.21. The minimum absolute atomic E-state index is 0.00951. The van der Waals surface area contributed by atoms with E-state index in [0.717, 1.165) is 43.4 Å². The van der Waals surface area contributed by atoms with Gasteiger partial charge in [0.1, 0.15) is 0 Å². The van der Waals surface area contributed by atoms with E-state index in [1.807, 2.05) is 0 Å². The van der Waals surface area contributed by atoms with Gasteiger partial charge in [-0.15, -0.1) is 0 Å². The third kappa shape index (κ3) is 6.75. The average Bonchev–Trinajstić information content (AvgIpc) is 2.69. The maximum atomic E-state index is 9.80. The highest BCUT2D eigenvalue weighted by Crippen LogP contribution is 2.47. The molecule has 1 nitrogen and oxygen atoms in total. The van der Waals surface area contributed by atoms with Crippen molar-refractivity contribution in [1.29, 1.82) is 5.26 Å². The van der Waals surface area contributed by atoms with E-state index in [9.17, 15) is 5.26 Å². The summed E-state index contributed by atoms with van der Waals surface area (Å²) in [5.41, 5.74) is -0.00951. The Labute approximate surface area is 163 Å². The molecule has 1 heteroatoms. The number of nitrogens with zero attached hydrogens (tertiary/aromatic N) is 1. The van der Waals surface area contributed by atoms with Crippen LogP contribution >= 0.6 is 0 Å². The lowest BCUT2D eigenvalue weighted by atomic mass is 9.63. The zero-order chi connectivity index (χ0) is 18.7. The maximum Gasteiger partial charge on any atom is 0.0689 e. The van der Waals surface area contributed by atoms with Crippen LogP contribution in [-0.2, 0) is 0 Å². The van der Waals surface area contributed by atoms with Crippen LogP contribution in [0.3, 0.4) is 0 Å². The molecule has 2 aliphatic rings. The van der Waals surface area contributed by atoms with Gasteiger partial charge in [0.05, 0.1) is 11.5 Å². The molecule has 0 saturated heterocycles. The van der Waals surface area contributed by atoms with Crippen LogP contribution < -0.4 is 0 Å². The second-order valence-electron chi connectivity index (χ2n) is 9.30. The van der Waals surface area contributed by atoms with Gasteiger partial charge in [0, 0.05) is 0 Å². The van der Waals surface area contributed by atoms with Crippen LogP contribution in [0, 0.1) is 34.5 Å². The largest absolute Gasteiger partial charge is 0.198 e. The molecule has 0 aliphatic heterocycles. The first kappa shape index (κ1) is 21.5. The molecular formula is C25H43N. The highest BCUT2D eigenvalue weighted by Gasteiger charge is 2.38. The van der Waals surface area contributed by atoms with Crippen LogP contribution in [0.15, 0.2) is 12.2 Å². The molecule has 0 aromatic carbocycles. The molecule has 0 atom stereocenters. The van der Waals surface area contributed by atoms with Crippen molar-refractivity contribution in [2.75, 3.05) is 0 Å². The average molecular weight is 358 g/mol. The van der Waals surface area contributed by atoms with Crippen molar-refractivity contribution in [2.24, 2.45) is 23.2 Å². The van der Waals surface area contributed by atoms with Crippen molar-refractivity contribution in [3.05, 3.63) is 12.2 Å². The smallest absolute Gasteiger partial charge is 0.0689 e. The van der Waals surface area contributed by atoms with Gasteiger partial charge in [0.25, 0.3) is 0 Å². The Hall–Kier alpha value is -0.770. The number of hydrogen-bond donors (Lipinski definition) is 0. The molecule has 2 fully saturated rings. The molecule has 0 amide bonds. The van der Waals surface area contributed by atoms with Gasteiger partial charge in [0.15, 0.2) is 0 Å². The van der Waals surface area contributed by atoms with Crippen LogP contribution in [0.2, 0.25) is 0 Å². The van der Waals surface area contributed by atoms with Crippen molar-refractivity contribution in [1.82, 2.24) is 0 Å². The second kappa shape index (κ2) is 11.8. The Morgan fingerprint density at radius 1 is 0.846 bits per heavy atom. The summed E-state index contributed by atoms with van der Waals surface area (Å²) in [6.07, 6.45) is 25.8. The Balaban J connectivity index is 1.69. The van der Waals surface area contributed by atoms with E-state index in [1.165, 1.54) is 77.0 Å². The van der Waals surface area contributed by atoms with Gasteiger partial charge in [0.2, 0.25) is 0 Å². The highest BCUT2D eigenvalue weighted by atomic mass is 14.4. The van der Waals surface area contributed by atoms with E-state index in [0.29, 0.717) is 0 Å². The second-order valence-corrected chi connectivity index (χ2v) is 9.30. The van der Waals surface area contributed by atoms with Crippen molar-refractivity contribution >= 4 is 0 Å². The third-order valence-electron chi connectivity index (χ3n) is 7.41. The summed E-state index contributed by atoms with van der Waals surface area (Å²) in [6.45, 7) is 4.53. The molecule has 2 rings (SSSR count). The van der Waals surface area contributed by atoms with E-state index in [2.05, 4.69) is 32.1 Å². The summed E-state index contributed by atoms with van der Waals surface area (Å²) in [6, 6.07) is 2.73. The standard InChI is InChI=1S/C25H43N/c1-3-5-7-8-10-18-25(21-26)19-16-24(17-20-25)23-14-12-22(13-15-23)11-9-6-4-2/h7-8,22-24H,3-6,9-20H2,1-2H3/b8-7+/t22?,23?,24-,25+. The van der Waals surface area contributed by atoms with E-state index in [-0.39, 0.29) is 5.41 Å². The van der Waals surface area contributed by atoms with Gasteiger partial charge in [-0.1, -0.05) is 70.9 Å². The van der Waals surface area contributed by atoms with Crippen molar-refractivity contribution < 1.29 is 0 Å². The van der Waals surface area contributed by atoms with Crippen LogP contribution in [-0.4, -0.2) is 0 Å². The minimum atomic E-state index is -0.00951. The number of rotatable bonds is 10. The van der Waals surface area contributed by atoms with Gasteiger partial charge in [-0.2, -0.15) is 5.26 Å². The van der Waals surface area contributed by atoms with Gasteiger partial charge < -0.3 is 0 Å². The number of hydrogen-bond acceptors (Lipinski definition) is 1. The Bertz CT molecular complexity index is 428. The van der Waals surface area contributed by atoms with E-state index in [1.54, 1.807) is 0 Å². The summed E-state index contributed by atoms with van der Waals surface area (Å²) < 4.78 is 0. The summed E-state index contributed by atoms with van der Waals surface area (Å²) >= 11 is 0. The van der Waals surface area contributed by atoms with E-state index < -0.39 is 0 Å². The summed E-state index contributed by atoms with van der Waals surface area (Å²) in [5, 5.41) is 9.80. The monoisotopic (exact) mass is 357 g/mol. The molecule has 0 unspecified atom stereocenters. The quantitative estimate of drug-likeness (QED) is 0.285. The van der Waals surface area contributed by atoms with Gasteiger partial charge in [-0.3, -0.25) is 0 Å². The topological polar surface area (TPSA) is 23.8 Å². The van der Waals surface area contributed by atoms with E-state index in [4.69, 9.17) is 0 Å². The van der Waals surface area contributed by atoms with Crippen LogP contribution in [0.25, 0.3) is 0 Å². The Morgan fingerprint density at radius 2 is 1.50 bits per heavy atom. The number of unbranched alkanes of at least 4 members (excludes halogenated alkanes) is 3. The van der Waals surface area contributed by atoms with Crippen molar-refractivity contribution in [3.8, 4) is 6.07 Å². The van der Waals surface area contributed by atoms with Crippen molar-refractivity contribution in [2.45, 2.75) is 117 Å². The van der Waals surface area contributed by atoms with Crippen molar-refractivity contribution in [3.63, 3.8) is 0 Å². The molecule has 0 aromatic rings. The minimum Gasteiger partial charge on any atom is -0.198 e. The maximum absolute atomic E-state index is 9.80. The molecular weight excluding hydrogens is 314 g/mol. The Morgan fingerprint density at radius 3 is 2.12 bits per heavy atom. The first-order valence-electron chi connectivity index (χ1n) is 11.8. The fourth-order valence-corrected chi connectivity index (χ4v) is 5.48. The molecule has 2 aliphatic carbocycles. The first-order chi connectivity index (χ1) is 12.7. The van der Waals surface area contributed by atoms with E-state index >= 15 is 0 Å². The number of allylic oxidation sites excluding steroid dienone is 2. The summed E-state index contributed by atoms with van der Waals surface area (Å²) in [5.74, 6) is 2.91. The third-order valence-corrected chi connectivity index (χ3v) is 7.41. The lowest BCUT2D eigenvalue weighted by molar-refractivity contribution is 0.116. The van der Waals surface area contributed by atoms with Crippen LogP contribution in [0.1, 0.15) is 117 Å². The fourth-order valence-electron chi connectivity index (χ4n) is 5.48. The summed E-state index contributed by atoms with van der Waals surface area (Å²) in [7, 11) is 0. The van der Waals surface area contributed by atoms with Gasteiger partial charge in [-0.25, -0.2) is 0 Å². The van der Waals surface area contributed by atoms with Gasteiger partial charge in [-0.05, 0) is 75.5 Å². The Kier molecular flexibility index (Phi) is 9.80. The fraction of sp³-hybridized carbons (Fsp3) is 0.880. The predicted molar refractivity (Wildman–Crippen MR) is 113 cm³/mol. The molecule has 0 N–H and O–H groups in total. The zero-order valence-corrected chi connectivity index (χ0v) is 17.6. The normalized spacial score (nSPS) is 32.6. The zero-order valence-electron chi connectivity index (χ0n) is 17.6. The molecule has 0 heterocycles. The first-order valence-corrected chi connectivity index (χ1v) is 11.8. The summed E-state index contributed by atoms with van der Waals surface area (Å²) in [4.78, 5) is 0. The van der Waals surface area contributed by atoms with Crippen LogP contribution in [0.4, 0.5) is 0 Å². The molecule has 0 aromatic heterocycles. The molecule has 2 saturated carbocycles.